The van der Waals surface area contributed by atoms with Gasteiger partial charge in [0, 0.05) is 30.2 Å². The van der Waals surface area contributed by atoms with Crippen molar-refractivity contribution in [1.29, 1.82) is 0 Å². The molecule has 146 valence electrons. The molecule has 1 atom stereocenters. The Morgan fingerprint density at radius 3 is 2.75 bits per heavy atom. The number of nitro benzene ring substituents is 1. The number of carbonyl (C=O) groups excluding carboxylic acids is 2. The van der Waals surface area contributed by atoms with E-state index in [0.717, 1.165) is 43.9 Å². The van der Waals surface area contributed by atoms with E-state index in [4.69, 9.17) is 4.74 Å². The lowest BCUT2D eigenvalue weighted by Crippen LogP contribution is -2.39. The molecule has 2 amide bonds. The molecule has 2 aliphatic heterocycles. The highest BCUT2D eigenvalue weighted by atomic mass is 32.2. The number of hydrogen-bond donors (Lipinski definition) is 0. The third kappa shape index (κ3) is 3.69. The highest BCUT2D eigenvalue weighted by Crippen LogP contribution is 2.38. The van der Waals surface area contributed by atoms with Crippen molar-refractivity contribution in [3.63, 3.8) is 0 Å². The lowest BCUT2D eigenvalue weighted by molar-refractivity contribution is -0.384. The second-order valence-corrected chi connectivity index (χ2v) is 8.13. The number of rotatable bonds is 4. The topological polar surface area (TPSA) is 89.7 Å². The van der Waals surface area contributed by atoms with E-state index in [2.05, 4.69) is 0 Å². The second-order valence-electron chi connectivity index (χ2n) is 7.13. The van der Waals surface area contributed by atoms with Gasteiger partial charge in [0.25, 0.3) is 16.8 Å². The molecule has 0 N–H and O–H groups in total. The van der Waals surface area contributed by atoms with E-state index in [1.54, 1.807) is 18.2 Å². The maximum atomic E-state index is 12.7. The molecule has 8 heteroatoms. The molecule has 1 unspecified atom stereocenters. The minimum absolute atomic E-state index is 0.000878. The fourth-order valence-corrected chi connectivity index (χ4v) is 4.78. The van der Waals surface area contributed by atoms with Gasteiger partial charge in [-0.05, 0) is 36.8 Å². The van der Waals surface area contributed by atoms with Crippen LogP contribution in [-0.2, 0) is 9.53 Å². The molecule has 2 heterocycles. The number of non-ortho nitro benzene ring substituents is 1. The van der Waals surface area contributed by atoms with Crippen LogP contribution in [0.5, 0.6) is 0 Å². The summed E-state index contributed by atoms with van der Waals surface area (Å²) in [4.78, 5) is 37.4. The molecule has 3 aliphatic rings. The first kappa shape index (κ1) is 18.7. The van der Waals surface area contributed by atoms with Gasteiger partial charge < -0.3 is 4.74 Å². The first-order valence-electron chi connectivity index (χ1n) is 9.42. The van der Waals surface area contributed by atoms with Gasteiger partial charge in [0.05, 0.1) is 9.83 Å². The number of thioether (sulfide) groups is 1. The summed E-state index contributed by atoms with van der Waals surface area (Å²) in [7, 11) is 0. The Labute approximate surface area is 166 Å². The predicted octanol–water partition coefficient (Wildman–Crippen LogP) is 4.64. The van der Waals surface area contributed by atoms with Crippen molar-refractivity contribution in [2.45, 2.75) is 50.7 Å². The molecule has 0 aromatic heterocycles. The van der Waals surface area contributed by atoms with Crippen LogP contribution >= 0.6 is 11.8 Å². The fourth-order valence-electron chi connectivity index (χ4n) is 3.86. The minimum Gasteiger partial charge on any atom is -0.486 e. The molecule has 7 nitrogen and oxygen atoms in total. The van der Waals surface area contributed by atoms with Gasteiger partial charge in [-0.3, -0.25) is 24.6 Å². The number of nitro groups is 1. The summed E-state index contributed by atoms with van der Waals surface area (Å²) in [5.74, 6) is 0.325. The van der Waals surface area contributed by atoms with Crippen LogP contribution in [-0.4, -0.2) is 33.1 Å². The van der Waals surface area contributed by atoms with Gasteiger partial charge in [0.2, 0.25) is 0 Å². The van der Waals surface area contributed by atoms with Gasteiger partial charge in [-0.25, -0.2) is 0 Å². The van der Waals surface area contributed by atoms with Gasteiger partial charge >= 0.3 is 0 Å². The van der Waals surface area contributed by atoms with Crippen molar-refractivity contribution >= 4 is 34.4 Å². The van der Waals surface area contributed by atoms with E-state index >= 15 is 0 Å². The van der Waals surface area contributed by atoms with Gasteiger partial charge in [-0.2, -0.15) is 0 Å². The van der Waals surface area contributed by atoms with Gasteiger partial charge in [0.15, 0.2) is 0 Å². The Balaban J connectivity index is 1.45. The Morgan fingerprint density at radius 2 is 2.00 bits per heavy atom. The maximum absolute atomic E-state index is 12.7. The molecule has 1 saturated carbocycles. The van der Waals surface area contributed by atoms with E-state index in [1.165, 1.54) is 17.0 Å². The fraction of sp³-hybridized carbons (Fsp3) is 0.400. The van der Waals surface area contributed by atoms with E-state index in [0.29, 0.717) is 22.6 Å². The first-order valence-corrected chi connectivity index (χ1v) is 10.2. The van der Waals surface area contributed by atoms with Crippen LogP contribution < -0.4 is 0 Å². The lowest BCUT2D eigenvalue weighted by atomic mass is 9.94. The molecule has 0 spiro atoms. The van der Waals surface area contributed by atoms with Crippen LogP contribution in [0.1, 0.15) is 44.1 Å². The first-order chi connectivity index (χ1) is 13.5. The van der Waals surface area contributed by atoms with Gasteiger partial charge in [0.1, 0.15) is 11.9 Å². The molecular weight excluding hydrogens is 380 g/mol. The number of imide groups is 1. The van der Waals surface area contributed by atoms with Crippen LogP contribution in [0, 0.1) is 10.1 Å². The van der Waals surface area contributed by atoms with E-state index in [1.807, 2.05) is 6.08 Å². The molecule has 4 rings (SSSR count). The largest absolute Gasteiger partial charge is 0.486 e. The zero-order valence-corrected chi connectivity index (χ0v) is 16.0. The summed E-state index contributed by atoms with van der Waals surface area (Å²) in [5, 5.41) is 10.7. The van der Waals surface area contributed by atoms with Gasteiger partial charge in [-0.1, -0.05) is 31.4 Å². The Morgan fingerprint density at radius 1 is 1.21 bits per heavy atom. The van der Waals surface area contributed by atoms with Crippen molar-refractivity contribution in [2.75, 3.05) is 0 Å². The minimum atomic E-state index is -0.447. The highest BCUT2D eigenvalue weighted by molar-refractivity contribution is 8.18. The molecule has 0 bridgehead atoms. The molecule has 0 radical (unpaired) electrons. The smallest absolute Gasteiger partial charge is 0.293 e. The Kier molecular flexibility index (Phi) is 5.21. The summed E-state index contributed by atoms with van der Waals surface area (Å²) < 4.78 is 5.88. The zero-order valence-electron chi connectivity index (χ0n) is 15.2. The SMILES string of the molecule is O=C1SC(=CC2CC=C(c3cccc([N+](=O)[O-])c3)O2)C(=O)N1C1CCCCC1. The Hall–Kier alpha value is -2.61. The van der Waals surface area contributed by atoms with Gasteiger partial charge in [-0.15, -0.1) is 0 Å². The van der Waals surface area contributed by atoms with Crippen LogP contribution in [0.15, 0.2) is 41.3 Å². The molecule has 1 saturated heterocycles. The quantitative estimate of drug-likeness (QED) is 0.416. The normalized spacial score (nSPS) is 24.6. The van der Waals surface area contributed by atoms with Crippen molar-refractivity contribution < 1.29 is 19.2 Å². The summed E-state index contributed by atoms with van der Waals surface area (Å²) in [6.07, 6.45) is 8.76. The van der Waals surface area contributed by atoms with Crippen LogP contribution in [0.2, 0.25) is 0 Å². The average Bonchev–Trinajstić information content (AvgIpc) is 3.27. The number of nitrogens with zero attached hydrogens (tertiary/aromatic N) is 2. The van der Waals surface area contributed by atoms with Crippen molar-refractivity contribution in [2.24, 2.45) is 0 Å². The molecule has 1 aromatic rings. The second kappa shape index (κ2) is 7.79. The van der Waals surface area contributed by atoms with Crippen LogP contribution in [0.3, 0.4) is 0 Å². The Bertz CT molecular complexity index is 888. The van der Waals surface area contributed by atoms with Crippen molar-refractivity contribution in [1.82, 2.24) is 4.90 Å². The predicted molar refractivity (Wildman–Crippen MR) is 105 cm³/mol. The number of hydrogen-bond acceptors (Lipinski definition) is 6. The van der Waals surface area contributed by atoms with Crippen molar-refractivity contribution in [3.05, 3.63) is 57.0 Å². The molecule has 1 aliphatic carbocycles. The highest BCUT2D eigenvalue weighted by Gasteiger charge is 2.40. The summed E-state index contributed by atoms with van der Waals surface area (Å²) in [6, 6.07) is 6.26. The summed E-state index contributed by atoms with van der Waals surface area (Å²) in [5.41, 5.74) is 0.625. The lowest BCUT2D eigenvalue weighted by Gasteiger charge is -2.28. The van der Waals surface area contributed by atoms with Crippen LogP contribution in [0.4, 0.5) is 10.5 Å². The van der Waals surface area contributed by atoms with E-state index < -0.39 is 4.92 Å². The summed E-state index contributed by atoms with van der Waals surface area (Å²) in [6.45, 7) is 0. The number of ether oxygens (including phenoxy) is 1. The van der Waals surface area contributed by atoms with Crippen LogP contribution in [0.25, 0.3) is 5.76 Å². The molecule has 28 heavy (non-hydrogen) atoms. The third-order valence-corrected chi connectivity index (χ3v) is 6.16. The third-order valence-electron chi connectivity index (χ3n) is 5.26. The zero-order chi connectivity index (χ0) is 19.7. The maximum Gasteiger partial charge on any atom is 0.293 e. The monoisotopic (exact) mass is 400 g/mol. The number of amides is 2. The molecule has 2 fully saturated rings. The average molecular weight is 400 g/mol. The van der Waals surface area contributed by atoms with E-state index in [-0.39, 0.29) is 29.0 Å². The molecule has 1 aromatic carbocycles. The van der Waals surface area contributed by atoms with E-state index in [9.17, 15) is 19.7 Å². The summed E-state index contributed by atoms with van der Waals surface area (Å²) >= 11 is 0.972. The standard InChI is InChI=1S/C20H20N2O5S/c23-19-18(28-20(24)21(19)14-6-2-1-3-7-14)12-16-9-10-17(27-16)13-5-4-8-15(11-13)22(25)26/h4-5,8,10-12,14,16H,1-3,6-7,9H2. The number of benzene rings is 1. The molecular formula is C20H20N2O5S. The van der Waals surface area contributed by atoms with Crippen molar-refractivity contribution in [3.8, 4) is 0 Å². The number of carbonyl (C=O) groups is 2.